The highest BCUT2D eigenvalue weighted by atomic mass is 16.2. The zero-order chi connectivity index (χ0) is 9.14. The zero-order valence-electron chi connectivity index (χ0n) is 7.02. The Morgan fingerprint density at radius 1 is 1.50 bits per heavy atom. The molecule has 1 rings (SSSR count). The average Bonchev–Trinajstić information content (AvgIpc) is 2.14. The third kappa shape index (κ3) is 1.44. The van der Waals surface area contributed by atoms with E-state index >= 15 is 0 Å². The Hall–Kier alpha value is -1.38. The van der Waals surface area contributed by atoms with Crippen LogP contribution in [0.25, 0.3) is 0 Å². The molecule has 1 fully saturated rings. The Kier molecular flexibility index (Phi) is 2.43. The van der Waals surface area contributed by atoms with Crippen molar-refractivity contribution in [1.29, 1.82) is 0 Å². The van der Waals surface area contributed by atoms with Gasteiger partial charge in [-0.25, -0.2) is 0 Å². The van der Waals surface area contributed by atoms with Gasteiger partial charge in [-0.05, 0) is 6.92 Å². The Balaban J connectivity index is 3.00. The van der Waals surface area contributed by atoms with E-state index in [0.29, 0.717) is 24.1 Å². The van der Waals surface area contributed by atoms with Crippen LogP contribution >= 0.6 is 0 Å². The third-order valence-corrected chi connectivity index (χ3v) is 1.83. The van der Waals surface area contributed by atoms with Crippen LogP contribution in [-0.2, 0) is 9.59 Å². The van der Waals surface area contributed by atoms with Crippen LogP contribution in [0.15, 0.2) is 23.8 Å². The molecule has 1 heterocycles. The first kappa shape index (κ1) is 8.71. The van der Waals surface area contributed by atoms with Gasteiger partial charge in [0.15, 0.2) is 5.78 Å². The van der Waals surface area contributed by atoms with E-state index in [-0.39, 0.29) is 11.7 Å². The molecule has 0 atom stereocenters. The molecule has 12 heavy (non-hydrogen) atoms. The fraction of sp³-hybridized carbons (Fsp3) is 0.333. The van der Waals surface area contributed by atoms with Gasteiger partial charge in [-0.1, -0.05) is 12.7 Å². The largest absolute Gasteiger partial charge is 0.352 e. The lowest BCUT2D eigenvalue weighted by Crippen LogP contribution is -2.23. The molecule has 0 radical (unpaired) electrons. The van der Waals surface area contributed by atoms with Gasteiger partial charge in [-0.3, -0.25) is 9.59 Å². The monoisotopic (exact) mass is 165 g/mol. The third-order valence-electron chi connectivity index (χ3n) is 1.83. The molecular weight excluding hydrogens is 154 g/mol. The lowest BCUT2D eigenvalue weighted by atomic mass is 10.0. The Bertz CT molecular complexity index is 276. The van der Waals surface area contributed by atoms with Crippen LogP contribution in [0.5, 0.6) is 0 Å². The first-order valence-corrected chi connectivity index (χ1v) is 3.83. The van der Waals surface area contributed by atoms with Crippen LogP contribution in [0.1, 0.15) is 13.3 Å². The van der Waals surface area contributed by atoms with Gasteiger partial charge in [-0.15, -0.1) is 0 Å². The number of carbonyl (C=O) groups is 2. The van der Waals surface area contributed by atoms with Crippen LogP contribution in [0.2, 0.25) is 0 Å². The molecule has 0 aromatic carbocycles. The van der Waals surface area contributed by atoms with E-state index < -0.39 is 0 Å². The second kappa shape index (κ2) is 3.34. The predicted molar refractivity (Wildman–Crippen MR) is 45.5 cm³/mol. The minimum atomic E-state index is -0.201. The van der Waals surface area contributed by atoms with Gasteiger partial charge in [0.2, 0.25) is 0 Å². The summed E-state index contributed by atoms with van der Waals surface area (Å²) in [6, 6.07) is 0. The van der Waals surface area contributed by atoms with Crippen molar-refractivity contribution in [2.75, 3.05) is 6.54 Å². The second-order valence-electron chi connectivity index (χ2n) is 2.61. The molecule has 0 bridgehead atoms. The van der Waals surface area contributed by atoms with E-state index in [1.807, 2.05) is 0 Å². The molecule has 0 aromatic rings. The molecule has 0 saturated carbocycles. The van der Waals surface area contributed by atoms with Crippen molar-refractivity contribution in [3.05, 3.63) is 23.8 Å². The number of amides is 1. The minimum absolute atomic E-state index is 0.0542. The van der Waals surface area contributed by atoms with Crippen molar-refractivity contribution in [2.45, 2.75) is 13.3 Å². The highest BCUT2D eigenvalue weighted by Crippen LogP contribution is 2.13. The lowest BCUT2D eigenvalue weighted by molar-refractivity contribution is -0.117. The molecule has 1 N–H and O–H groups in total. The zero-order valence-corrected chi connectivity index (χ0v) is 7.02. The van der Waals surface area contributed by atoms with E-state index in [1.54, 1.807) is 13.0 Å². The standard InChI is InChI=1S/C9H11NO2/c1-3-7-6(2)8(11)4-5-10-9(7)12/h3H,2,4-5H2,1H3,(H,10,12)/b7-3+. The van der Waals surface area contributed by atoms with Crippen molar-refractivity contribution < 1.29 is 9.59 Å². The molecule has 64 valence electrons. The van der Waals surface area contributed by atoms with E-state index in [9.17, 15) is 9.59 Å². The molecule has 0 aliphatic carbocycles. The molecule has 0 aromatic heterocycles. The topological polar surface area (TPSA) is 46.2 Å². The number of hydrogen-bond acceptors (Lipinski definition) is 2. The summed E-state index contributed by atoms with van der Waals surface area (Å²) >= 11 is 0. The van der Waals surface area contributed by atoms with E-state index in [0.717, 1.165) is 0 Å². The van der Waals surface area contributed by atoms with E-state index in [2.05, 4.69) is 11.9 Å². The molecule has 1 saturated heterocycles. The summed E-state index contributed by atoms with van der Waals surface area (Å²) in [4.78, 5) is 22.4. The van der Waals surface area contributed by atoms with Gasteiger partial charge < -0.3 is 5.32 Å². The second-order valence-corrected chi connectivity index (χ2v) is 2.61. The highest BCUT2D eigenvalue weighted by Gasteiger charge is 2.21. The average molecular weight is 165 g/mol. The maximum absolute atomic E-state index is 11.2. The first-order valence-electron chi connectivity index (χ1n) is 3.83. The van der Waals surface area contributed by atoms with Crippen molar-refractivity contribution in [3.63, 3.8) is 0 Å². The predicted octanol–water partition coefficient (Wildman–Crippen LogP) is 0.578. The van der Waals surface area contributed by atoms with Crippen LogP contribution < -0.4 is 5.32 Å². The number of Topliss-reactive ketones (excluding diaryl/α,β-unsaturated/α-hetero) is 1. The number of ketones is 1. The van der Waals surface area contributed by atoms with Gasteiger partial charge in [0.1, 0.15) is 0 Å². The first-order chi connectivity index (χ1) is 5.66. The van der Waals surface area contributed by atoms with E-state index in [1.165, 1.54) is 0 Å². The summed E-state index contributed by atoms with van der Waals surface area (Å²) in [5.41, 5.74) is 0.727. The van der Waals surface area contributed by atoms with Crippen molar-refractivity contribution in [2.24, 2.45) is 0 Å². The lowest BCUT2D eigenvalue weighted by Gasteiger charge is -2.01. The van der Waals surface area contributed by atoms with Crippen LogP contribution in [-0.4, -0.2) is 18.2 Å². The van der Waals surface area contributed by atoms with Crippen LogP contribution in [0, 0.1) is 0 Å². The van der Waals surface area contributed by atoms with E-state index in [4.69, 9.17) is 0 Å². The summed E-state index contributed by atoms with van der Waals surface area (Å²) in [5.74, 6) is -0.255. The fourth-order valence-electron chi connectivity index (χ4n) is 1.13. The van der Waals surface area contributed by atoms with Gasteiger partial charge >= 0.3 is 0 Å². The Labute approximate surface area is 71.1 Å². The molecule has 3 heteroatoms. The maximum atomic E-state index is 11.2. The normalized spacial score (nSPS) is 22.4. The molecular formula is C9H11NO2. The number of hydrogen-bond donors (Lipinski definition) is 1. The van der Waals surface area contributed by atoms with Crippen molar-refractivity contribution in [3.8, 4) is 0 Å². The van der Waals surface area contributed by atoms with Crippen molar-refractivity contribution >= 4 is 11.7 Å². The van der Waals surface area contributed by atoms with Gasteiger partial charge in [0.25, 0.3) is 5.91 Å². The Morgan fingerprint density at radius 2 is 2.17 bits per heavy atom. The molecule has 0 spiro atoms. The fourth-order valence-corrected chi connectivity index (χ4v) is 1.13. The summed E-state index contributed by atoms with van der Waals surface area (Å²) < 4.78 is 0. The molecule has 0 unspecified atom stereocenters. The van der Waals surface area contributed by atoms with Crippen LogP contribution in [0.3, 0.4) is 0 Å². The SMILES string of the molecule is C=C1C(=O)CCNC(=O)/C1=C/C. The molecule has 1 aliphatic rings. The maximum Gasteiger partial charge on any atom is 0.251 e. The quantitative estimate of drug-likeness (QED) is 0.533. The van der Waals surface area contributed by atoms with Gasteiger partial charge in [0, 0.05) is 24.1 Å². The van der Waals surface area contributed by atoms with Gasteiger partial charge in [0.05, 0.1) is 0 Å². The molecule has 1 amide bonds. The summed E-state index contributed by atoms with van der Waals surface area (Å²) in [6.45, 7) is 5.71. The highest BCUT2D eigenvalue weighted by molar-refractivity contribution is 6.12. The number of allylic oxidation sites excluding steroid dienone is 1. The molecule has 3 nitrogen and oxygen atoms in total. The summed E-state index contributed by atoms with van der Waals surface area (Å²) in [5, 5.41) is 2.62. The number of rotatable bonds is 0. The smallest absolute Gasteiger partial charge is 0.251 e. The number of nitrogens with one attached hydrogen (secondary N) is 1. The van der Waals surface area contributed by atoms with Gasteiger partial charge in [-0.2, -0.15) is 0 Å². The van der Waals surface area contributed by atoms with Crippen LogP contribution in [0.4, 0.5) is 0 Å². The minimum Gasteiger partial charge on any atom is -0.352 e. The molecule has 1 aliphatic heterocycles. The Morgan fingerprint density at radius 3 is 2.75 bits per heavy atom. The number of carbonyl (C=O) groups excluding carboxylic acids is 2. The summed E-state index contributed by atoms with van der Waals surface area (Å²) in [6.07, 6.45) is 1.96. The summed E-state index contributed by atoms with van der Waals surface area (Å²) in [7, 11) is 0. The van der Waals surface area contributed by atoms with Crippen molar-refractivity contribution in [1.82, 2.24) is 5.32 Å².